The fourth-order valence-corrected chi connectivity index (χ4v) is 3.20. The van der Waals surface area contributed by atoms with Crippen LogP contribution in [0.3, 0.4) is 0 Å². The van der Waals surface area contributed by atoms with Gasteiger partial charge in [-0.3, -0.25) is 9.78 Å². The van der Waals surface area contributed by atoms with Crippen LogP contribution in [0.4, 0.5) is 0 Å². The summed E-state index contributed by atoms with van der Waals surface area (Å²) >= 11 is 0. The van der Waals surface area contributed by atoms with E-state index in [1.807, 2.05) is 26.0 Å². The maximum absolute atomic E-state index is 12.5. The largest absolute Gasteiger partial charge is 0.487 e. The second kappa shape index (κ2) is 7.60. The van der Waals surface area contributed by atoms with Gasteiger partial charge in [0.15, 0.2) is 0 Å². The van der Waals surface area contributed by atoms with E-state index in [9.17, 15) is 4.79 Å². The van der Waals surface area contributed by atoms with Crippen molar-refractivity contribution in [3.8, 4) is 5.75 Å². The number of pyridine rings is 1. The summed E-state index contributed by atoms with van der Waals surface area (Å²) in [4.78, 5) is 19.9. The summed E-state index contributed by atoms with van der Waals surface area (Å²) in [6.45, 7) is 8.57. The predicted molar refractivity (Wildman–Crippen MR) is 104 cm³/mol. The molecule has 0 bridgehead atoms. The smallest absolute Gasteiger partial charge is 0.224 e. The number of ether oxygens (including phenoxy) is 1. The molecule has 0 saturated carbocycles. The van der Waals surface area contributed by atoms with Gasteiger partial charge in [-0.25, -0.2) is 0 Å². The third kappa shape index (κ3) is 3.87. The highest BCUT2D eigenvalue weighted by Gasteiger charge is 2.16. The van der Waals surface area contributed by atoms with Gasteiger partial charge in [0.1, 0.15) is 11.9 Å². The summed E-state index contributed by atoms with van der Waals surface area (Å²) in [5, 5.41) is 4.13. The van der Waals surface area contributed by atoms with E-state index in [-0.39, 0.29) is 12.0 Å². The maximum atomic E-state index is 12.5. The number of fused-ring (bicyclic) bond motifs is 1. The molecule has 2 heterocycles. The number of carbonyl (C=O) groups is 1. The van der Waals surface area contributed by atoms with Crippen molar-refractivity contribution in [2.24, 2.45) is 0 Å². The molecule has 26 heavy (non-hydrogen) atoms. The molecule has 0 radical (unpaired) electrons. The number of nitrogens with zero attached hydrogens (tertiary/aromatic N) is 1. The van der Waals surface area contributed by atoms with Gasteiger partial charge in [-0.15, -0.1) is 0 Å². The molecule has 1 atom stereocenters. The third-order valence-corrected chi connectivity index (χ3v) is 4.58. The number of amides is 1. The molecule has 0 unspecified atom stereocenters. The van der Waals surface area contributed by atoms with E-state index in [1.54, 1.807) is 12.4 Å². The number of benzene rings is 1. The van der Waals surface area contributed by atoms with E-state index >= 15 is 0 Å². The first-order valence-corrected chi connectivity index (χ1v) is 8.86. The molecule has 0 spiro atoms. The molecule has 3 aromatic rings. The van der Waals surface area contributed by atoms with Crippen molar-refractivity contribution in [2.45, 2.75) is 40.2 Å². The van der Waals surface area contributed by atoms with Crippen LogP contribution in [0, 0.1) is 20.8 Å². The van der Waals surface area contributed by atoms with Crippen LogP contribution in [0.5, 0.6) is 5.75 Å². The Morgan fingerprint density at radius 1 is 1.23 bits per heavy atom. The summed E-state index contributed by atoms with van der Waals surface area (Å²) in [7, 11) is 0. The Labute approximate surface area is 153 Å². The molecule has 0 fully saturated rings. The number of rotatable bonds is 6. The van der Waals surface area contributed by atoms with Gasteiger partial charge in [0, 0.05) is 22.8 Å². The van der Waals surface area contributed by atoms with Gasteiger partial charge < -0.3 is 15.0 Å². The zero-order valence-electron chi connectivity index (χ0n) is 15.7. The van der Waals surface area contributed by atoms with E-state index in [1.165, 1.54) is 11.1 Å². The molecular weight excluding hydrogens is 326 g/mol. The number of hydrogen-bond acceptors (Lipinski definition) is 3. The summed E-state index contributed by atoms with van der Waals surface area (Å²) in [6, 6.07) is 7.89. The van der Waals surface area contributed by atoms with Crippen molar-refractivity contribution in [2.75, 3.05) is 6.54 Å². The Hall–Kier alpha value is -2.82. The molecule has 0 aliphatic heterocycles. The molecule has 5 heteroatoms. The SMILES string of the molecule is Cc1[nH]c2c(C)ccc(C)c2c1CC(=O)NC[C@@H](C)Oc1cccnc1. The lowest BCUT2D eigenvalue weighted by atomic mass is 10.0. The van der Waals surface area contributed by atoms with Crippen LogP contribution in [-0.4, -0.2) is 28.5 Å². The Balaban J connectivity index is 1.64. The first-order chi connectivity index (χ1) is 12.5. The van der Waals surface area contributed by atoms with Crippen LogP contribution in [0.1, 0.15) is 29.3 Å². The van der Waals surface area contributed by atoms with E-state index in [0.29, 0.717) is 18.7 Å². The highest BCUT2D eigenvalue weighted by molar-refractivity contribution is 5.93. The maximum Gasteiger partial charge on any atom is 0.224 e. The minimum atomic E-state index is -0.129. The molecule has 1 aromatic carbocycles. The highest BCUT2D eigenvalue weighted by atomic mass is 16.5. The van der Waals surface area contributed by atoms with Gasteiger partial charge in [-0.1, -0.05) is 12.1 Å². The third-order valence-electron chi connectivity index (χ3n) is 4.58. The Morgan fingerprint density at radius 3 is 2.73 bits per heavy atom. The lowest BCUT2D eigenvalue weighted by Gasteiger charge is -2.15. The van der Waals surface area contributed by atoms with Crippen molar-refractivity contribution in [1.82, 2.24) is 15.3 Å². The van der Waals surface area contributed by atoms with Crippen LogP contribution >= 0.6 is 0 Å². The Bertz CT molecular complexity index is 916. The van der Waals surface area contributed by atoms with E-state index in [0.717, 1.165) is 22.2 Å². The monoisotopic (exact) mass is 351 g/mol. The minimum Gasteiger partial charge on any atom is -0.487 e. The van der Waals surface area contributed by atoms with Crippen LogP contribution in [0.2, 0.25) is 0 Å². The molecule has 1 amide bonds. The normalized spacial score (nSPS) is 12.2. The summed E-state index contributed by atoms with van der Waals surface area (Å²) in [5.41, 5.74) is 5.62. The number of aryl methyl sites for hydroxylation is 3. The second-order valence-corrected chi connectivity index (χ2v) is 6.78. The molecule has 136 valence electrons. The number of aromatic nitrogens is 2. The van der Waals surface area contributed by atoms with Crippen LogP contribution in [0.15, 0.2) is 36.7 Å². The highest BCUT2D eigenvalue weighted by Crippen LogP contribution is 2.28. The van der Waals surface area contributed by atoms with Gasteiger partial charge >= 0.3 is 0 Å². The topological polar surface area (TPSA) is 67.0 Å². The van der Waals surface area contributed by atoms with Gasteiger partial charge in [0.05, 0.1) is 19.2 Å². The van der Waals surface area contributed by atoms with E-state index < -0.39 is 0 Å². The average molecular weight is 351 g/mol. The van der Waals surface area contributed by atoms with E-state index in [4.69, 9.17) is 4.74 Å². The number of carbonyl (C=O) groups excluding carboxylic acids is 1. The summed E-state index contributed by atoms with van der Waals surface area (Å²) in [5.74, 6) is 0.698. The summed E-state index contributed by atoms with van der Waals surface area (Å²) < 4.78 is 5.75. The van der Waals surface area contributed by atoms with Crippen molar-refractivity contribution in [1.29, 1.82) is 0 Å². The van der Waals surface area contributed by atoms with Crippen molar-refractivity contribution in [3.63, 3.8) is 0 Å². The van der Waals surface area contributed by atoms with Gasteiger partial charge in [0.2, 0.25) is 5.91 Å². The Morgan fingerprint density at radius 2 is 2.00 bits per heavy atom. The zero-order valence-corrected chi connectivity index (χ0v) is 15.7. The number of aromatic amines is 1. The van der Waals surface area contributed by atoms with Crippen LogP contribution < -0.4 is 10.1 Å². The molecule has 0 saturated heterocycles. The lowest BCUT2D eigenvalue weighted by Crippen LogP contribution is -2.34. The standard InChI is InChI=1S/C21H25N3O2/c1-13-7-8-14(2)21-20(13)18(16(4)24-21)10-19(25)23-11-15(3)26-17-6-5-9-22-12-17/h5-9,12,15,24H,10-11H2,1-4H3,(H,23,25)/t15-/m1/s1. The molecule has 0 aliphatic rings. The molecule has 2 aromatic heterocycles. The van der Waals surface area contributed by atoms with E-state index in [2.05, 4.69) is 41.3 Å². The van der Waals surface area contributed by atoms with Crippen molar-refractivity contribution >= 4 is 16.8 Å². The number of hydrogen-bond donors (Lipinski definition) is 2. The van der Waals surface area contributed by atoms with Crippen molar-refractivity contribution in [3.05, 3.63) is 59.0 Å². The zero-order chi connectivity index (χ0) is 18.7. The average Bonchev–Trinajstić information content (AvgIpc) is 2.95. The fraction of sp³-hybridized carbons (Fsp3) is 0.333. The molecule has 0 aliphatic carbocycles. The number of nitrogens with one attached hydrogen (secondary N) is 2. The molecule has 3 rings (SSSR count). The second-order valence-electron chi connectivity index (χ2n) is 6.78. The van der Waals surface area contributed by atoms with Crippen LogP contribution in [0.25, 0.3) is 10.9 Å². The van der Waals surface area contributed by atoms with Gasteiger partial charge in [-0.05, 0) is 56.5 Å². The molecule has 2 N–H and O–H groups in total. The quantitative estimate of drug-likeness (QED) is 0.713. The van der Waals surface area contributed by atoms with Gasteiger partial charge in [-0.2, -0.15) is 0 Å². The summed E-state index contributed by atoms with van der Waals surface area (Å²) in [6.07, 6.45) is 3.59. The van der Waals surface area contributed by atoms with Gasteiger partial charge in [0.25, 0.3) is 0 Å². The van der Waals surface area contributed by atoms with Crippen LogP contribution in [-0.2, 0) is 11.2 Å². The Kier molecular flexibility index (Phi) is 5.26. The molecule has 5 nitrogen and oxygen atoms in total. The molecular formula is C21H25N3O2. The minimum absolute atomic E-state index is 0.00320. The predicted octanol–water partition coefficient (Wildman–Crippen LogP) is 3.61. The fourth-order valence-electron chi connectivity index (χ4n) is 3.20. The number of H-pyrrole nitrogens is 1. The van der Waals surface area contributed by atoms with Crippen molar-refractivity contribution < 1.29 is 9.53 Å². The lowest BCUT2D eigenvalue weighted by molar-refractivity contribution is -0.120. The first-order valence-electron chi connectivity index (χ1n) is 8.86. The first kappa shape index (κ1) is 18.0.